The Balaban J connectivity index is 1.88. The minimum Gasteiger partial charge on any atom is -0.354 e. The van der Waals surface area contributed by atoms with Gasteiger partial charge in [-0.3, -0.25) is 9.59 Å². The highest BCUT2D eigenvalue weighted by atomic mass is 79.9. The van der Waals surface area contributed by atoms with Crippen LogP contribution in [0.3, 0.4) is 0 Å². The Labute approximate surface area is 124 Å². The molecule has 2 fully saturated rings. The van der Waals surface area contributed by atoms with Crippen LogP contribution in [0.5, 0.6) is 0 Å². The summed E-state index contributed by atoms with van der Waals surface area (Å²) in [6, 6.07) is 3.96. The van der Waals surface area contributed by atoms with Crippen molar-refractivity contribution in [3.05, 3.63) is 34.1 Å². The van der Waals surface area contributed by atoms with Gasteiger partial charge in [0.15, 0.2) is 0 Å². The maximum Gasteiger partial charge on any atom is 0.255 e. The molecule has 3 rings (SSSR count). The highest BCUT2D eigenvalue weighted by Crippen LogP contribution is 2.30. The minimum absolute atomic E-state index is 0.0330. The average molecular weight is 341 g/mol. The number of piperidine rings is 1. The highest BCUT2D eigenvalue weighted by molar-refractivity contribution is 9.10. The predicted molar refractivity (Wildman–Crippen MR) is 74.7 cm³/mol. The Kier molecular flexibility index (Phi) is 3.50. The monoisotopic (exact) mass is 340 g/mol. The van der Waals surface area contributed by atoms with Crippen molar-refractivity contribution in [2.45, 2.75) is 18.9 Å². The lowest BCUT2D eigenvalue weighted by Gasteiger charge is -2.36. The Bertz CT molecular complexity index is 578. The van der Waals surface area contributed by atoms with Gasteiger partial charge < -0.3 is 10.2 Å². The van der Waals surface area contributed by atoms with Crippen molar-refractivity contribution in [2.24, 2.45) is 5.92 Å². The largest absolute Gasteiger partial charge is 0.354 e. The molecular weight excluding hydrogens is 327 g/mol. The first-order valence-electron chi connectivity index (χ1n) is 6.61. The molecule has 106 valence electrons. The number of likely N-dealkylation sites (tertiary alicyclic amines) is 1. The van der Waals surface area contributed by atoms with Crippen LogP contribution < -0.4 is 5.32 Å². The fourth-order valence-electron chi connectivity index (χ4n) is 3.02. The molecule has 2 atom stereocenters. The predicted octanol–water partition coefficient (Wildman–Crippen LogP) is 1.94. The molecule has 20 heavy (non-hydrogen) atoms. The van der Waals surface area contributed by atoms with Crippen LogP contribution in [0, 0.1) is 11.7 Å². The second kappa shape index (κ2) is 5.16. The van der Waals surface area contributed by atoms with E-state index in [4.69, 9.17) is 0 Å². The standard InChI is InChI=1S/C14H14BrFN2O2/c15-11-6-8(16)3-4-9(11)14(20)18-5-1-2-10-12(18)7-17-13(10)19/h3-4,6,10,12H,1-2,5,7H2,(H,17,19). The third-order valence-corrected chi connectivity index (χ3v) is 4.68. The van der Waals surface area contributed by atoms with E-state index in [2.05, 4.69) is 21.2 Å². The van der Waals surface area contributed by atoms with Gasteiger partial charge in [-0.1, -0.05) is 0 Å². The molecule has 1 aromatic rings. The quantitative estimate of drug-likeness (QED) is 0.849. The van der Waals surface area contributed by atoms with Crippen LogP contribution in [0.2, 0.25) is 0 Å². The zero-order chi connectivity index (χ0) is 14.3. The Hall–Kier alpha value is -1.43. The van der Waals surface area contributed by atoms with E-state index in [1.807, 2.05) is 0 Å². The number of amides is 2. The van der Waals surface area contributed by atoms with E-state index in [1.54, 1.807) is 4.90 Å². The summed E-state index contributed by atoms with van der Waals surface area (Å²) in [6.45, 7) is 1.15. The molecule has 0 aliphatic carbocycles. The van der Waals surface area contributed by atoms with Gasteiger partial charge in [0, 0.05) is 17.6 Å². The lowest BCUT2D eigenvalue weighted by molar-refractivity contribution is -0.123. The summed E-state index contributed by atoms with van der Waals surface area (Å²) in [5.74, 6) is -0.608. The summed E-state index contributed by atoms with van der Waals surface area (Å²) in [6.07, 6.45) is 1.64. The average Bonchev–Trinajstić information content (AvgIpc) is 2.80. The van der Waals surface area contributed by atoms with Crippen molar-refractivity contribution in [1.29, 1.82) is 0 Å². The third-order valence-electron chi connectivity index (χ3n) is 4.02. The molecule has 0 bridgehead atoms. The Morgan fingerprint density at radius 2 is 2.25 bits per heavy atom. The number of rotatable bonds is 1. The van der Waals surface area contributed by atoms with E-state index in [9.17, 15) is 14.0 Å². The van der Waals surface area contributed by atoms with Crippen LogP contribution in [0.15, 0.2) is 22.7 Å². The molecule has 2 aliphatic rings. The van der Waals surface area contributed by atoms with Crippen LogP contribution in [-0.4, -0.2) is 35.8 Å². The summed E-state index contributed by atoms with van der Waals surface area (Å²) in [5, 5.41) is 2.82. The minimum atomic E-state index is -0.386. The van der Waals surface area contributed by atoms with Gasteiger partial charge in [0.2, 0.25) is 5.91 Å². The molecule has 6 heteroatoms. The van der Waals surface area contributed by atoms with Gasteiger partial charge in [-0.05, 0) is 47.0 Å². The molecule has 1 aromatic carbocycles. The van der Waals surface area contributed by atoms with Crippen molar-refractivity contribution in [3.8, 4) is 0 Å². The zero-order valence-electron chi connectivity index (χ0n) is 10.7. The Morgan fingerprint density at radius 1 is 1.45 bits per heavy atom. The summed E-state index contributed by atoms with van der Waals surface area (Å²) >= 11 is 3.23. The molecule has 2 aliphatic heterocycles. The van der Waals surface area contributed by atoms with Gasteiger partial charge in [0.25, 0.3) is 5.91 Å². The van der Waals surface area contributed by atoms with E-state index in [0.717, 1.165) is 12.8 Å². The number of benzene rings is 1. The number of carbonyl (C=O) groups is 2. The van der Waals surface area contributed by atoms with Crippen molar-refractivity contribution >= 4 is 27.7 Å². The molecule has 4 nitrogen and oxygen atoms in total. The molecule has 2 saturated heterocycles. The van der Waals surface area contributed by atoms with E-state index in [1.165, 1.54) is 18.2 Å². The molecule has 0 radical (unpaired) electrons. The molecule has 2 heterocycles. The van der Waals surface area contributed by atoms with Gasteiger partial charge in [-0.25, -0.2) is 4.39 Å². The second-order valence-electron chi connectivity index (χ2n) is 5.18. The van der Waals surface area contributed by atoms with E-state index in [0.29, 0.717) is 23.1 Å². The topological polar surface area (TPSA) is 49.4 Å². The smallest absolute Gasteiger partial charge is 0.255 e. The number of hydrogen-bond acceptors (Lipinski definition) is 2. The van der Waals surface area contributed by atoms with Crippen LogP contribution in [0.25, 0.3) is 0 Å². The maximum absolute atomic E-state index is 13.1. The molecule has 1 N–H and O–H groups in total. The first-order chi connectivity index (χ1) is 9.58. The summed E-state index contributed by atoms with van der Waals surface area (Å²) in [5.41, 5.74) is 0.436. The molecule has 0 saturated carbocycles. The molecular formula is C14H14BrFN2O2. The highest BCUT2D eigenvalue weighted by Gasteiger charge is 2.42. The molecule has 2 amide bonds. The fraction of sp³-hybridized carbons (Fsp3) is 0.429. The first kappa shape index (κ1) is 13.5. The first-order valence-corrected chi connectivity index (χ1v) is 7.41. The van der Waals surface area contributed by atoms with Crippen LogP contribution >= 0.6 is 15.9 Å². The van der Waals surface area contributed by atoms with Gasteiger partial charge in [-0.2, -0.15) is 0 Å². The van der Waals surface area contributed by atoms with Gasteiger partial charge in [0.1, 0.15) is 5.82 Å². The number of halogens is 2. The van der Waals surface area contributed by atoms with Crippen LogP contribution in [0.1, 0.15) is 23.2 Å². The molecule has 0 aromatic heterocycles. The maximum atomic E-state index is 13.1. The molecule has 0 spiro atoms. The van der Waals surface area contributed by atoms with E-state index >= 15 is 0 Å². The van der Waals surface area contributed by atoms with Crippen LogP contribution in [0.4, 0.5) is 4.39 Å². The number of carbonyl (C=O) groups excluding carboxylic acids is 2. The van der Waals surface area contributed by atoms with Gasteiger partial charge in [-0.15, -0.1) is 0 Å². The normalized spacial score (nSPS) is 25.3. The van der Waals surface area contributed by atoms with Crippen molar-refractivity contribution in [1.82, 2.24) is 10.2 Å². The Morgan fingerprint density at radius 3 is 3.00 bits per heavy atom. The number of fused-ring (bicyclic) bond motifs is 1. The van der Waals surface area contributed by atoms with Crippen LogP contribution in [-0.2, 0) is 4.79 Å². The number of nitrogens with one attached hydrogen (secondary N) is 1. The van der Waals surface area contributed by atoms with Gasteiger partial charge >= 0.3 is 0 Å². The number of hydrogen-bond donors (Lipinski definition) is 1. The second-order valence-corrected chi connectivity index (χ2v) is 6.04. The molecule has 2 unspecified atom stereocenters. The van der Waals surface area contributed by atoms with Gasteiger partial charge in [0.05, 0.1) is 17.5 Å². The summed E-state index contributed by atoms with van der Waals surface area (Å²) in [4.78, 5) is 26.1. The van der Waals surface area contributed by atoms with E-state index in [-0.39, 0.29) is 29.6 Å². The summed E-state index contributed by atoms with van der Waals surface area (Å²) < 4.78 is 13.6. The lowest BCUT2D eigenvalue weighted by Crippen LogP contribution is -2.48. The SMILES string of the molecule is O=C1NCC2C1CCCN2C(=O)c1ccc(F)cc1Br. The zero-order valence-corrected chi connectivity index (χ0v) is 12.3. The van der Waals surface area contributed by atoms with Crippen molar-refractivity contribution in [2.75, 3.05) is 13.1 Å². The van der Waals surface area contributed by atoms with Crippen molar-refractivity contribution in [3.63, 3.8) is 0 Å². The third kappa shape index (κ3) is 2.22. The number of nitrogens with zero attached hydrogens (tertiary/aromatic N) is 1. The summed E-state index contributed by atoms with van der Waals surface area (Å²) in [7, 11) is 0. The van der Waals surface area contributed by atoms with Crippen molar-refractivity contribution < 1.29 is 14.0 Å². The lowest BCUT2D eigenvalue weighted by atomic mass is 9.91. The van der Waals surface area contributed by atoms with E-state index < -0.39 is 0 Å². The fourth-order valence-corrected chi connectivity index (χ4v) is 3.54.